The molecular weight excluding hydrogens is 775 g/mol. The number of fused-ring (bicyclic) bond motifs is 13. The summed E-state index contributed by atoms with van der Waals surface area (Å²) in [6, 6.07) is 32.4. The Balaban J connectivity index is 1.18. The molecule has 1 fully saturated rings. The summed E-state index contributed by atoms with van der Waals surface area (Å²) < 4.78 is 7.61. The fourth-order valence-corrected chi connectivity index (χ4v) is 14.2. The highest BCUT2D eigenvalue weighted by atomic mass is 16.3. The van der Waals surface area contributed by atoms with E-state index in [1.165, 1.54) is 134 Å². The lowest BCUT2D eigenvalue weighted by Gasteiger charge is -2.45. The summed E-state index contributed by atoms with van der Waals surface area (Å²) in [6.45, 7) is 34.0. The molecule has 3 heterocycles. The third-order valence-corrected chi connectivity index (χ3v) is 18.3. The van der Waals surface area contributed by atoms with Crippen LogP contribution in [0.25, 0.3) is 11.0 Å². The second kappa shape index (κ2) is 12.4. The summed E-state index contributed by atoms with van der Waals surface area (Å²) in [5.41, 5.74) is 24.8. The third kappa shape index (κ3) is 5.41. The standard InChI is InChI=1S/C60H69BN2O/c1-35-27-48-51-49(28-35)63(38-17-19-41-43(31-38)58(11,12)24-22-56(41,7)8)52-39-32-44-45(60(14)26-25-59(44,13)34-60)33-50(39)64-53(52)61(51)46-29-36(54(2,3)4)15-20-47(46)62(48)37-16-18-40-42(30-37)57(9,10)23-21-55(40,5)6/h15-20,27-33H,21-26,34H2,1-14H3. The van der Waals surface area contributed by atoms with Gasteiger partial charge in [-0.1, -0.05) is 114 Å². The Hall–Kier alpha value is -4.70. The van der Waals surface area contributed by atoms with E-state index in [4.69, 9.17) is 4.42 Å². The van der Waals surface area contributed by atoms with Gasteiger partial charge < -0.3 is 14.2 Å². The van der Waals surface area contributed by atoms with E-state index in [2.05, 4.69) is 186 Å². The van der Waals surface area contributed by atoms with Crippen LogP contribution in [-0.4, -0.2) is 6.71 Å². The van der Waals surface area contributed by atoms with Gasteiger partial charge >= 0.3 is 0 Å². The first-order chi connectivity index (χ1) is 29.9. The van der Waals surface area contributed by atoms with Gasteiger partial charge in [0.15, 0.2) is 0 Å². The van der Waals surface area contributed by atoms with Crippen LogP contribution in [0.2, 0.25) is 0 Å². The maximum Gasteiger partial charge on any atom is 0.297 e. The predicted molar refractivity (Wildman–Crippen MR) is 273 cm³/mol. The average Bonchev–Trinajstić information content (AvgIpc) is 3.83. The van der Waals surface area contributed by atoms with E-state index in [0.717, 1.165) is 11.2 Å². The van der Waals surface area contributed by atoms with Gasteiger partial charge in [0.25, 0.3) is 6.71 Å². The number of hydrogen-bond acceptors (Lipinski definition) is 3. The van der Waals surface area contributed by atoms with Crippen molar-refractivity contribution in [3.63, 3.8) is 0 Å². The van der Waals surface area contributed by atoms with Gasteiger partial charge in [0.1, 0.15) is 5.58 Å². The van der Waals surface area contributed by atoms with Gasteiger partial charge in [-0.3, -0.25) is 0 Å². The molecule has 64 heavy (non-hydrogen) atoms. The summed E-state index contributed by atoms with van der Waals surface area (Å²) in [5, 5.41) is 1.26. The van der Waals surface area contributed by atoms with Crippen LogP contribution in [0.5, 0.6) is 0 Å². The maximum atomic E-state index is 7.61. The zero-order chi connectivity index (χ0) is 45.1. The lowest BCUT2D eigenvalue weighted by molar-refractivity contribution is 0.332. The van der Waals surface area contributed by atoms with Crippen molar-refractivity contribution in [1.29, 1.82) is 0 Å². The molecule has 0 radical (unpaired) electrons. The summed E-state index contributed by atoms with van der Waals surface area (Å²) in [5.74, 6) is 0. The molecule has 2 atom stereocenters. The molecule has 1 aromatic heterocycles. The van der Waals surface area contributed by atoms with Gasteiger partial charge in [-0.25, -0.2) is 0 Å². The van der Waals surface area contributed by atoms with Gasteiger partial charge in [-0.2, -0.15) is 0 Å². The Bertz CT molecular complexity index is 3040. The molecule has 0 N–H and O–H groups in total. The molecule has 6 aromatic rings. The number of furan rings is 1. The first-order valence-corrected chi connectivity index (χ1v) is 24.7. The van der Waals surface area contributed by atoms with Crippen molar-refractivity contribution < 1.29 is 4.42 Å². The summed E-state index contributed by atoms with van der Waals surface area (Å²) in [7, 11) is 0. The fraction of sp³-hybridized carbons (Fsp3) is 0.467. The topological polar surface area (TPSA) is 19.6 Å². The lowest BCUT2D eigenvalue weighted by Crippen LogP contribution is -2.61. The molecule has 1 saturated carbocycles. The summed E-state index contributed by atoms with van der Waals surface area (Å²) >= 11 is 0. The lowest BCUT2D eigenvalue weighted by atomic mass is 9.35. The van der Waals surface area contributed by atoms with Crippen LogP contribution in [0, 0.1) is 6.92 Å². The predicted octanol–water partition coefficient (Wildman–Crippen LogP) is 14.5. The molecule has 6 aliphatic rings. The number of aryl methyl sites for hydroxylation is 1. The number of hydrogen-bond donors (Lipinski definition) is 0. The normalized spacial score (nSPS) is 24.8. The second-order valence-corrected chi connectivity index (χ2v) is 25.8. The van der Waals surface area contributed by atoms with E-state index in [9.17, 15) is 0 Å². The van der Waals surface area contributed by atoms with Crippen LogP contribution < -0.4 is 26.4 Å². The molecule has 2 aliphatic heterocycles. The van der Waals surface area contributed by atoms with Crippen molar-refractivity contribution in [1.82, 2.24) is 0 Å². The van der Waals surface area contributed by atoms with Crippen LogP contribution in [0.3, 0.4) is 0 Å². The van der Waals surface area contributed by atoms with E-state index in [1.54, 1.807) is 5.56 Å². The average molecular weight is 845 g/mol. The van der Waals surface area contributed by atoms with Gasteiger partial charge in [-0.05, 0) is 200 Å². The highest BCUT2D eigenvalue weighted by molar-refractivity contribution is 7.00. The Labute approximate surface area is 384 Å². The third-order valence-electron chi connectivity index (χ3n) is 18.3. The monoisotopic (exact) mass is 845 g/mol. The minimum absolute atomic E-state index is 0.0240. The largest absolute Gasteiger partial charge is 0.468 e. The molecular formula is C60H69BN2O. The van der Waals surface area contributed by atoms with E-state index >= 15 is 0 Å². The van der Waals surface area contributed by atoms with Crippen LogP contribution in [0.15, 0.2) is 83.3 Å². The van der Waals surface area contributed by atoms with Crippen molar-refractivity contribution in [2.75, 3.05) is 9.80 Å². The first-order valence-electron chi connectivity index (χ1n) is 24.7. The zero-order valence-electron chi connectivity index (χ0n) is 41.3. The molecule has 0 amide bonds. The minimum Gasteiger partial charge on any atom is -0.468 e. The van der Waals surface area contributed by atoms with Crippen LogP contribution in [-0.2, 0) is 37.9 Å². The molecule has 2 unspecified atom stereocenters. The van der Waals surface area contributed by atoms with E-state index < -0.39 is 0 Å². The molecule has 0 spiro atoms. The number of rotatable bonds is 2. The van der Waals surface area contributed by atoms with Crippen molar-refractivity contribution in [3.05, 3.63) is 123 Å². The van der Waals surface area contributed by atoms with Gasteiger partial charge in [-0.15, -0.1) is 0 Å². The van der Waals surface area contributed by atoms with E-state index in [0.29, 0.717) is 0 Å². The molecule has 4 heteroatoms. The van der Waals surface area contributed by atoms with Gasteiger partial charge in [0, 0.05) is 33.8 Å². The molecule has 5 aromatic carbocycles. The number of benzene rings is 5. The Morgan fingerprint density at radius 1 is 0.516 bits per heavy atom. The number of anilines is 6. The van der Waals surface area contributed by atoms with Crippen molar-refractivity contribution in [2.45, 2.75) is 180 Å². The second-order valence-electron chi connectivity index (χ2n) is 25.8. The van der Waals surface area contributed by atoms with Crippen molar-refractivity contribution in [2.24, 2.45) is 0 Å². The van der Waals surface area contributed by atoms with Gasteiger partial charge in [0.05, 0.1) is 11.3 Å². The molecule has 0 saturated heterocycles. The van der Waals surface area contributed by atoms with Crippen LogP contribution in [0.4, 0.5) is 34.1 Å². The maximum absolute atomic E-state index is 7.61. The summed E-state index contributed by atoms with van der Waals surface area (Å²) in [4.78, 5) is 5.28. The van der Waals surface area contributed by atoms with Gasteiger partial charge in [0.2, 0.25) is 0 Å². The Morgan fingerprint density at radius 2 is 1.03 bits per heavy atom. The van der Waals surface area contributed by atoms with E-state index in [1.807, 2.05) is 0 Å². The molecule has 3 nitrogen and oxygen atoms in total. The Kier molecular flexibility index (Phi) is 7.90. The van der Waals surface area contributed by atoms with Crippen molar-refractivity contribution >= 4 is 68.4 Å². The molecule has 328 valence electrons. The number of nitrogens with zero attached hydrogens (tertiary/aromatic N) is 2. The van der Waals surface area contributed by atoms with Crippen LogP contribution in [0.1, 0.15) is 179 Å². The molecule has 2 bridgehead atoms. The smallest absolute Gasteiger partial charge is 0.297 e. The van der Waals surface area contributed by atoms with Crippen molar-refractivity contribution in [3.8, 4) is 0 Å². The summed E-state index contributed by atoms with van der Waals surface area (Å²) in [6.07, 6.45) is 8.51. The quantitative estimate of drug-likeness (QED) is 0.162. The molecule has 12 rings (SSSR count). The first kappa shape index (κ1) is 40.8. The van der Waals surface area contributed by atoms with E-state index in [-0.39, 0.29) is 44.6 Å². The SMILES string of the molecule is Cc1cc2c3c(c1)N(c1ccc4c(c1)C(C)(C)CCC4(C)C)c1c(oc4cc5c(cc14)C1(C)CCC5(C)C1)B3c1cc(C(C)(C)C)ccc1N2c1ccc2c(c1)C(C)(C)CCC2(C)C. The molecule has 4 aliphatic carbocycles. The zero-order valence-corrected chi connectivity index (χ0v) is 41.3. The minimum atomic E-state index is -0.0726. The highest BCUT2D eigenvalue weighted by Gasteiger charge is 2.54. The Morgan fingerprint density at radius 3 is 1.59 bits per heavy atom. The van der Waals surface area contributed by atoms with Crippen LogP contribution >= 0.6 is 0 Å². The highest BCUT2D eigenvalue weighted by Crippen LogP contribution is 2.62. The fourth-order valence-electron chi connectivity index (χ4n) is 14.2.